The van der Waals surface area contributed by atoms with Gasteiger partial charge < -0.3 is 19.5 Å². The minimum Gasteiger partial charge on any atom is -0.497 e. The molecule has 0 aliphatic heterocycles. The summed E-state index contributed by atoms with van der Waals surface area (Å²) >= 11 is 0. The van der Waals surface area contributed by atoms with E-state index in [9.17, 15) is 5.11 Å². The van der Waals surface area contributed by atoms with Crippen molar-refractivity contribution in [2.24, 2.45) is 0 Å². The molecule has 112 valence electrons. The van der Waals surface area contributed by atoms with Gasteiger partial charge in [0, 0.05) is 24.8 Å². The average Bonchev–Trinajstić information content (AvgIpc) is 2.54. The predicted molar refractivity (Wildman–Crippen MR) is 84.0 cm³/mol. The number of aliphatic hydroxyl groups excluding tert-OH is 1. The highest BCUT2D eigenvalue weighted by Crippen LogP contribution is 2.25. The van der Waals surface area contributed by atoms with Gasteiger partial charge in [-0.1, -0.05) is 6.07 Å². The van der Waals surface area contributed by atoms with E-state index in [1.807, 2.05) is 49.5 Å². The molecule has 0 unspecified atom stereocenters. The lowest BCUT2D eigenvalue weighted by Crippen LogP contribution is -2.17. The molecule has 0 spiro atoms. The molecule has 0 radical (unpaired) electrons. The van der Waals surface area contributed by atoms with Crippen LogP contribution in [0, 0.1) is 0 Å². The second-order valence-electron chi connectivity index (χ2n) is 4.86. The van der Waals surface area contributed by atoms with Gasteiger partial charge in [0.25, 0.3) is 0 Å². The largest absolute Gasteiger partial charge is 0.497 e. The molecule has 0 saturated heterocycles. The number of aliphatic hydroxyl groups is 1. The summed E-state index contributed by atoms with van der Waals surface area (Å²) in [6.45, 7) is 0.729. The molecule has 0 atom stereocenters. The van der Waals surface area contributed by atoms with Crippen molar-refractivity contribution < 1.29 is 14.6 Å². The van der Waals surface area contributed by atoms with Crippen LogP contribution in [0.25, 0.3) is 0 Å². The van der Waals surface area contributed by atoms with E-state index in [2.05, 4.69) is 4.90 Å². The van der Waals surface area contributed by atoms with Gasteiger partial charge in [0.05, 0.1) is 20.8 Å². The Balaban J connectivity index is 2.19. The summed E-state index contributed by atoms with van der Waals surface area (Å²) in [6.07, 6.45) is 0. The Morgan fingerprint density at radius 3 is 2.29 bits per heavy atom. The predicted octanol–water partition coefficient (Wildman–Crippen LogP) is 2.83. The molecular formula is C17H21NO3. The number of rotatable bonds is 6. The molecule has 0 saturated carbocycles. The Bertz CT molecular complexity index is 581. The third kappa shape index (κ3) is 3.67. The van der Waals surface area contributed by atoms with E-state index in [4.69, 9.17) is 9.47 Å². The van der Waals surface area contributed by atoms with E-state index in [0.717, 1.165) is 28.3 Å². The Morgan fingerprint density at radius 1 is 1.00 bits per heavy atom. The van der Waals surface area contributed by atoms with Gasteiger partial charge in [-0.3, -0.25) is 0 Å². The molecule has 21 heavy (non-hydrogen) atoms. The molecule has 0 fully saturated rings. The van der Waals surface area contributed by atoms with E-state index in [-0.39, 0.29) is 6.61 Å². The van der Waals surface area contributed by atoms with Gasteiger partial charge in [-0.15, -0.1) is 0 Å². The first kappa shape index (κ1) is 15.2. The number of nitrogens with zero attached hydrogens (tertiary/aromatic N) is 1. The zero-order valence-corrected chi connectivity index (χ0v) is 12.7. The summed E-state index contributed by atoms with van der Waals surface area (Å²) < 4.78 is 10.6. The molecule has 2 rings (SSSR count). The molecule has 4 nitrogen and oxygen atoms in total. The van der Waals surface area contributed by atoms with Crippen molar-refractivity contribution in [2.75, 3.05) is 26.2 Å². The van der Waals surface area contributed by atoms with E-state index in [0.29, 0.717) is 6.54 Å². The van der Waals surface area contributed by atoms with E-state index >= 15 is 0 Å². The Hall–Kier alpha value is -2.20. The van der Waals surface area contributed by atoms with E-state index in [1.54, 1.807) is 14.2 Å². The van der Waals surface area contributed by atoms with Crippen molar-refractivity contribution in [1.29, 1.82) is 0 Å². The van der Waals surface area contributed by atoms with Gasteiger partial charge in [-0.05, 0) is 42.0 Å². The maximum Gasteiger partial charge on any atom is 0.123 e. The third-order valence-electron chi connectivity index (χ3n) is 3.45. The van der Waals surface area contributed by atoms with Crippen molar-refractivity contribution >= 4 is 5.69 Å². The van der Waals surface area contributed by atoms with E-state index in [1.165, 1.54) is 0 Å². The highest BCUT2D eigenvalue weighted by molar-refractivity contribution is 5.50. The van der Waals surface area contributed by atoms with Crippen molar-refractivity contribution in [3.8, 4) is 11.5 Å². The van der Waals surface area contributed by atoms with Crippen LogP contribution in [-0.2, 0) is 13.2 Å². The Labute approximate surface area is 125 Å². The summed E-state index contributed by atoms with van der Waals surface area (Å²) in [5.74, 6) is 1.67. The summed E-state index contributed by atoms with van der Waals surface area (Å²) in [6, 6.07) is 13.6. The van der Waals surface area contributed by atoms with Crippen LogP contribution in [-0.4, -0.2) is 26.4 Å². The van der Waals surface area contributed by atoms with Gasteiger partial charge in [0.1, 0.15) is 11.5 Å². The van der Waals surface area contributed by atoms with Gasteiger partial charge >= 0.3 is 0 Å². The van der Waals surface area contributed by atoms with Crippen LogP contribution in [0.3, 0.4) is 0 Å². The SMILES string of the molecule is COc1ccc(N(C)Cc2cc(CO)ccc2OC)cc1. The number of hydrogen-bond acceptors (Lipinski definition) is 4. The van der Waals surface area contributed by atoms with Crippen LogP contribution >= 0.6 is 0 Å². The molecule has 2 aromatic carbocycles. The minimum atomic E-state index is 0.0310. The average molecular weight is 287 g/mol. The quantitative estimate of drug-likeness (QED) is 0.887. The maximum atomic E-state index is 9.27. The molecule has 0 aromatic heterocycles. The first-order chi connectivity index (χ1) is 10.2. The van der Waals surface area contributed by atoms with Crippen molar-refractivity contribution in [2.45, 2.75) is 13.2 Å². The van der Waals surface area contributed by atoms with Crippen LogP contribution in [0.5, 0.6) is 11.5 Å². The number of methoxy groups -OCH3 is 2. The molecule has 0 amide bonds. The Kier molecular flexibility index (Phi) is 5.06. The van der Waals surface area contributed by atoms with Crippen molar-refractivity contribution in [3.05, 3.63) is 53.6 Å². The molecule has 1 N–H and O–H groups in total. The fourth-order valence-corrected chi connectivity index (χ4v) is 2.24. The molecule has 0 heterocycles. The van der Waals surface area contributed by atoms with Gasteiger partial charge in [0.2, 0.25) is 0 Å². The van der Waals surface area contributed by atoms with Crippen LogP contribution < -0.4 is 14.4 Å². The van der Waals surface area contributed by atoms with E-state index < -0.39 is 0 Å². The fraction of sp³-hybridized carbons (Fsp3) is 0.294. The topological polar surface area (TPSA) is 41.9 Å². The monoisotopic (exact) mass is 287 g/mol. The highest BCUT2D eigenvalue weighted by atomic mass is 16.5. The highest BCUT2D eigenvalue weighted by Gasteiger charge is 2.08. The number of hydrogen-bond donors (Lipinski definition) is 1. The zero-order chi connectivity index (χ0) is 15.2. The molecule has 2 aromatic rings. The molecule has 4 heteroatoms. The Morgan fingerprint density at radius 2 is 1.71 bits per heavy atom. The van der Waals surface area contributed by atoms with Crippen LogP contribution in [0.1, 0.15) is 11.1 Å². The summed E-state index contributed by atoms with van der Waals surface area (Å²) in [7, 11) is 5.33. The van der Waals surface area contributed by atoms with Gasteiger partial charge in [-0.2, -0.15) is 0 Å². The van der Waals surface area contributed by atoms with Gasteiger partial charge in [-0.25, -0.2) is 0 Å². The second kappa shape index (κ2) is 6.99. The fourth-order valence-electron chi connectivity index (χ4n) is 2.24. The first-order valence-electron chi connectivity index (χ1n) is 6.79. The number of benzene rings is 2. The zero-order valence-electron chi connectivity index (χ0n) is 12.7. The lowest BCUT2D eigenvalue weighted by molar-refractivity contribution is 0.281. The summed E-state index contributed by atoms with van der Waals surface area (Å²) in [5, 5.41) is 9.27. The standard InChI is InChI=1S/C17H21NO3/c1-18(15-5-7-16(20-2)8-6-15)11-14-10-13(12-19)4-9-17(14)21-3/h4-10,19H,11-12H2,1-3H3. The smallest absolute Gasteiger partial charge is 0.123 e. The number of ether oxygens (including phenoxy) is 2. The lowest BCUT2D eigenvalue weighted by atomic mass is 10.1. The lowest BCUT2D eigenvalue weighted by Gasteiger charge is -2.21. The van der Waals surface area contributed by atoms with Crippen LogP contribution in [0.15, 0.2) is 42.5 Å². The summed E-state index contributed by atoms with van der Waals surface area (Å²) in [5.41, 5.74) is 3.02. The molecule has 0 aliphatic carbocycles. The van der Waals surface area contributed by atoms with Crippen LogP contribution in [0.4, 0.5) is 5.69 Å². The molecular weight excluding hydrogens is 266 g/mol. The second-order valence-corrected chi connectivity index (χ2v) is 4.86. The maximum absolute atomic E-state index is 9.27. The first-order valence-corrected chi connectivity index (χ1v) is 6.79. The van der Waals surface area contributed by atoms with Crippen molar-refractivity contribution in [3.63, 3.8) is 0 Å². The van der Waals surface area contributed by atoms with Crippen LogP contribution in [0.2, 0.25) is 0 Å². The summed E-state index contributed by atoms with van der Waals surface area (Å²) in [4.78, 5) is 2.12. The van der Waals surface area contributed by atoms with Crippen molar-refractivity contribution in [1.82, 2.24) is 0 Å². The van der Waals surface area contributed by atoms with Gasteiger partial charge in [0.15, 0.2) is 0 Å². The molecule has 0 aliphatic rings. The minimum absolute atomic E-state index is 0.0310. The normalized spacial score (nSPS) is 10.3. The number of anilines is 1. The molecule has 0 bridgehead atoms. The third-order valence-corrected chi connectivity index (χ3v) is 3.45.